The molecular formula is C46H38N4O14S4. The van der Waals surface area contributed by atoms with Crippen LogP contribution in [-0.4, -0.2) is 45.7 Å². The Morgan fingerprint density at radius 3 is 0.882 bits per heavy atom. The molecule has 0 aliphatic rings. The van der Waals surface area contributed by atoms with E-state index >= 15 is 0 Å². The Balaban J connectivity index is 0.887. The van der Waals surface area contributed by atoms with Gasteiger partial charge in [0, 0.05) is 22.7 Å². The van der Waals surface area contributed by atoms with Gasteiger partial charge >= 0.3 is 52.5 Å². The Labute approximate surface area is 392 Å². The Kier molecular flexibility index (Phi) is 14.1. The van der Waals surface area contributed by atoms with E-state index in [4.69, 9.17) is 16.7 Å². The van der Waals surface area contributed by atoms with Gasteiger partial charge in [-0.1, -0.05) is 42.5 Å². The number of amides is 4. The van der Waals surface area contributed by atoms with Crippen molar-refractivity contribution in [2.75, 3.05) is 21.3 Å². The highest BCUT2D eigenvalue weighted by atomic mass is 32.2. The van der Waals surface area contributed by atoms with Crippen LogP contribution in [0.3, 0.4) is 0 Å². The van der Waals surface area contributed by atoms with Crippen molar-refractivity contribution in [3.8, 4) is 23.0 Å². The van der Waals surface area contributed by atoms with Crippen LogP contribution in [0.2, 0.25) is 0 Å². The number of hydrogen-bond donors (Lipinski definition) is 4. The summed E-state index contributed by atoms with van der Waals surface area (Å²) in [5.74, 6) is -0.260. The summed E-state index contributed by atoms with van der Waals surface area (Å²) in [6, 6.07) is 37.4. The summed E-state index contributed by atoms with van der Waals surface area (Å²) in [6.07, 6.45) is 0. The fraction of sp³-hybridized carbons (Fsp3) is 0.0435. The van der Waals surface area contributed by atoms with Gasteiger partial charge in [-0.05, 0) is 152 Å². The van der Waals surface area contributed by atoms with Crippen LogP contribution in [0, 0.1) is 13.8 Å². The zero-order chi connectivity index (χ0) is 48.7. The Morgan fingerprint density at radius 2 is 0.603 bits per heavy atom. The van der Waals surface area contributed by atoms with Gasteiger partial charge in [-0.25, -0.2) is 9.59 Å². The van der Waals surface area contributed by atoms with E-state index in [1.165, 1.54) is 115 Å². The number of carbonyl (C=O) groups excluding carboxylic acids is 2. The van der Waals surface area contributed by atoms with Crippen LogP contribution in [0.25, 0.3) is 0 Å². The summed E-state index contributed by atoms with van der Waals surface area (Å²) in [4.78, 5) is 24.4. The minimum absolute atomic E-state index is 0.0252. The average Bonchev–Trinajstić information content (AvgIpc) is 3.29. The Bertz CT molecular complexity index is 3220. The minimum Gasteiger partial charge on any atom is -0.379 e. The van der Waals surface area contributed by atoms with Gasteiger partial charge in [0.2, 0.25) is 0 Å². The second kappa shape index (κ2) is 19.9. The molecule has 0 bridgehead atoms. The van der Waals surface area contributed by atoms with Gasteiger partial charge < -0.3 is 38.0 Å². The second-order valence-electron chi connectivity index (χ2n) is 14.4. The first-order valence-corrected chi connectivity index (χ1v) is 25.4. The molecule has 0 aliphatic heterocycles. The minimum atomic E-state index is -4.58. The quantitative estimate of drug-likeness (QED) is 0.0661. The van der Waals surface area contributed by atoms with Crippen molar-refractivity contribution >= 4 is 75.3 Å². The first kappa shape index (κ1) is 48.0. The summed E-state index contributed by atoms with van der Waals surface area (Å²) < 4.78 is 124. The van der Waals surface area contributed by atoms with Crippen molar-refractivity contribution in [2.24, 2.45) is 0 Å². The van der Waals surface area contributed by atoms with E-state index in [0.717, 1.165) is 18.2 Å². The zero-order valence-corrected chi connectivity index (χ0v) is 38.8. The van der Waals surface area contributed by atoms with E-state index < -0.39 is 62.3 Å². The monoisotopic (exact) mass is 998 g/mol. The third-order valence-electron chi connectivity index (χ3n) is 9.38. The van der Waals surface area contributed by atoms with E-state index in [9.17, 15) is 43.3 Å². The average molecular weight is 999 g/mol. The molecule has 0 saturated carbocycles. The van der Waals surface area contributed by atoms with Gasteiger partial charge in [0.05, 0.1) is 0 Å². The third kappa shape index (κ3) is 12.3. The number of nitrogens with one attached hydrogen (secondary N) is 4. The van der Waals surface area contributed by atoms with Gasteiger partial charge in [-0.3, -0.25) is 0 Å². The lowest BCUT2D eigenvalue weighted by Crippen LogP contribution is -2.19. The molecule has 0 radical (unpaired) electrons. The highest BCUT2D eigenvalue weighted by Gasteiger charge is 2.24. The van der Waals surface area contributed by atoms with Crippen molar-refractivity contribution in [1.82, 2.24) is 0 Å². The van der Waals surface area contributed by atoms with Gasteiger partial charge in [-0.15, -0.1) is 0 Å². The highest BCUT2D eigenvalue weighted by Crippen LogP contribution is 2.28. The largest absolute Gasteiger partial charge is 0.379 e. The molecular weight excluding hydrogens is 961 g/mol. The fourth-order valence-corrected chi connectivity index (χ4v) is 10.5. The molecule has 0 spiro atoms. The molecule has 7 rings (SSSR count). The zero-order valence-electron chi connectivity index (χ0n) is 35.5. The summed E-state index contributed by atoms with van der Waals surface area (Å²) in [5.41, 5.74) is 2.15. The molecule has 4 N–H and O–H groups in total. The van der Waals surface area contributed by atoms with Crippen molar-refractivity contribution in [1.29, 1.82) is 0 Å². The topological polar surface area (TPSA) is 256 Å². The number of aryl methyl sites for hydroxylation is 2. The second-order valence-corrected chi connectivity index (χ2v) is 20.5. The fourth-order valence-electron chi connectivity index (χ4n) is 6.11. The third-order valence-corrected chi connectivity index (χ3v) is 14.7. The molecule has 350 valence electrons. The van der Waals surface area contributed by atoms with E-state index in [-0.39, 0.29) is 44.2 Å². The molecule has 0 aromatic heterocycles. The molecule has 7 aromatic rings. The van der Waals surface area contributed by atoms with Crippen molar-refractivity contribution in [3.05, 3.63) is 181 Å². The predicted octanol–water partition coefficient (Wildman–Crippen LogP) is 8.66. The summed E-state index contributed by atoms with van der Waals surface area (Å²) in [5, 5.41) is 10.3. The molecule has 0 unspecified atom stereocenters. The van der Waals surface area contributed by atoms with E-state index in [1.807, 2.05) is 0 Å². The number of urea groups is 2. The van der Waals surface area contributed by atoms with Crippen molar-refractivity contribution in [3.63, 3.8) is 0 Å². The molecule has 4 amide bonds. The number of anilines is 4. The molecule has 18 nitrogen and oxygen atoms in total. The van der Waals surface area contributed by atoms with E-state index in [2.05, 4.69) is 21.3 Å². The lowest BCUT2D eigenvalue weighted by Gasteiger charge is -2.12. The lowest BCUT2D eigenvalue weighted by molar-refractivity contribution is 0.261. The summed E-state index contributed by atoms with van der Waals surface area (Å²) >= 11 is 0. The van der Waals surface area contributed by atoms with E-state index in [0.29, 0.717) is 22.5 Å². The highest BCUT2D eigenvalue weighted by molar-refractivity contribution is 7.88. The molecule has 0 aliphatic carbocycles. The Morgan fingerprint density at radius 1 is 0.338 bits per heavy atom. The normalized spacial score (nSPS) is 11.7. The number of benzene rings is 7. The first-order chi connectivity index (χ1) is 32.2. The predicted molar refractivity (Wildman–Crippen MR) is 251 cm³/mol. The van der Waals surface area contributed by atoms with E-state index in [1.54, 1.807) is 50.2 Å². The maximum Gasteiger partial charge on any atom is 0.339 e. The molecule has 22 heteroatoms. The molecule has 0 saturated heterocycles. The van der Waals surface area contributed by atoms with Crippen molar-refractivity contribution in [2.45, 2.75) is 33.4 Å². The molecule has 0 heterocycles. The smallest absolute Gasteiger partial charge is 0.339 e. The number of rotatable bonds is 16. The van der Waals surface area contributed by atoms with Gasteiger partial charge in [0.1, 0.15) is 42.6 Å². The van der Waals surface area contributed by atoms with Crippen LogP contribution in [-0.2, 0) is 40.5 Å². The van der Waals surface area contributed by atoms with Gasteiger partial charge in [-0.2, -0.15) is 33.7 Å². The molecule has 0 atom stereocenters. The molecule has 7 aromatic carbocycles. The molecule has 0 fully saturated rings. The van der Waals surface area contributed by atoms with Gasteiger partial charge in [0.15, 0.2) is 0 Å². The van der Waals surface area contributed by atoms with Gasteiger partial charge in [0.25, 0.3) is 0 Å². The standard InChI is InChI=1S/C46H38N4O14S4/c1-31-8-3-5-12-43(31)67(57,58)63-39-26-18-35(19-27-39)49-45(51)47-33-14-22-37(23-15-33)61-65(53,54)41-10-7-11-42(30-41)66(55,56)62-38-24-16-34(17-25-38)48-46(52)50-36-20-28-40(29-21-36)64-68(59,60)44-13-6-4-9-32(44)2/h3-30H,1-2H3,(H2,47,49,51)(H2,48,50,52). The van der Waals surface area contributed by atoms with Crippen LogP contribution in [0.4, 0.5) is 32.3 Å². The van der Waals surface area contributed by atoms with Crippen molar-refractivity contribution < 1.29 is 60.0 Å². The van der Waals surface area contributed by atoms with Crippen LogP contribution in [0.5, 0.6) is 23.0 Å². The van der Waals surface area contributed by atoms with Crippen LogP contribution in [0.1, 0.15) is 11.1 Å². The van der Waals surface area contributed by atoms with Crippen LogP contribution >= 0.6 is 0 Å². The SMILES string of the molecule is Cc1ccccc1S(=O)(=O)Oc1ccc(NC(=O)Nc2ccc(OS(=O)(=O)c3cccc(S(=O)(=O)Oc4ccc(NC(=O)Nc5ccc(OS(=O)(=O)c6ccccc6C)cc5)cc4)c3)cc2)cc1. The Hall–Kier alpha value is -7.92. The molecule has 68 heavy (non-hydrogen) atoms. The first-order valence-electron chi connectivity index (χ1n) is 19.8. The summed E-state index contributed by atoms with van der Waals surface area (Å²) in [7, 11) is -17.3. The number of carbonyl (C=O) groups is 2. The maximum atomic E-state index is 13.2. The van der Waals surface area contributed by atoms with Crippen LogP contribution < -0.4 is 38.0 Å². The van der Waals surface area contributed by atoms with Crippen LogP contribution in [0.15, 0.2) is 189 Å². The summed E-state index contributed by atoms with van der Waals surface area (Å²) in [6.45, 7) is 3.29. The maximum absolute atomic E-state index is 13.2. The lowest BCUT2D eigenvalue weighted by atomic mass is 10.2. The number of hydrogen-bond acceptors (Lipinski definition) is 14.